The molecule has 1 aromatic heterocycles. The lowest BCUT2D eigenvalue weighted by atomic mass is 10.1. The van der Waals surface area contributed by atoms with Gasteiger partial charge in [-0.3, -0.25) is 4.99 Å². The number of hydrogen-bond donors (Lipinski definition) is 0. The summed E-state index contributed by atoms with van der Waals surface area (Å²) >= 11 is 5.31. The summed E-state index contributed by atoms with van der Waals surface area (Å²) in [6.07, 6.45) is 2.21. The van der Waals surface area contributed by atoms with Crippen LogP contribution in [0.15, 0.2) is 58.0 Å². The third-order valence-electron chi connectivity index (χ3n) is 5.18. The summed E-state index contributed by atoms with van der Waals surface area (Å²) in [5, 5.41) is 2.17. The van der Waals surface area contributed by atoms with Crippen molar-refractivity contribution < 1.29 is 4.39 Å². The smallest absolute Gasteiger partial charge is 0.123 e. The Morgan fingerprint density at radius 1 is 1.07 bits per heavy atom. The second-order valence-corrected chi connectivity index (χ2v) is 9.29. The maximum atomic E-state index is 13.4. The van der Waals surface area contributed by atoms with Crippen LogP contribution in [0, 0.1) is 5.82 Å². The number of rotatable bonds is 8. The van der Waals surface area contributed by atoms with Gasteiger partial charge in [0.05, 0.1) is 5.36 Å². The zero-order valence-electron chi connectivity index (χ0n) is 17.3. The SMILES string of the molecule is CCN(CC)CCCC(C)N=c1cc(-c2ccc(F)cc2)sc2ccc(Br)cc12. The first kappa shape index (κ1) is 22.1. The molecule has 29 heavy (non-hydrogen) atoms. The van der Waals surface area contributed by atoms with Crippen LogP contribution in [0.4, 0.5) is 4.39 Å². The fourth-order valence-corrected chi connectivity index (χ4v) is 4.89. The van der Waals surface area contributed by atoms with Crippen LogP contribution in [0.3, 0.4) is 0 Å². The third kappa shape index (κ3) is 5.97. The first-order chi connectivity index (χ1) is 14.0. The van der Waals surface area contributed by atoms with Crippen LogP contribution in [0.2, 0.25) is 0 Å². The van der Waals surface area contributed by atoms with E-state index < -0.39 is 0 Å². The number of halogens is 2. The van der Waals surface area contributed by atoms with E-state index >= 15 is 0 Å². The minimum absolute atomic E-state index is 0.213. The lowest BCUT2D eigenvalue weighted by Crippen LogP contribution is -2.24. The highest BCUT2D eigenvalue weighted by Crippen LogP contribution is 2.29. The van der Waals surface area contributed by atoms with Crippen molar-refractivity contribution in [2.75, 3.05) is 19.6 Å². The Balaban J connectivity index is 1.94. The summed E-state index contributed by atoms with van der Waals surface area (Å²) in [5.41, 5.74) is 1.02. The normalized spacial score (nSPS) is 13.4. The van der Waals surface area contributed by atoms with Crippen molar-refractivity contribution in [2.24, 2.45) is 4.99 Å². The lowest BCUT2D eigenvalue weighted by Gasteiger charge is -2.18. The number of hydrogen-bond acceptors (Lipinski definition) is 3. The van der Waals surface area contributed by atoms with E-state index in [-0.39, 0.29) is 11.9 Å². The highest BCUT2D eigenvalue weighted by Gasteiger charge is 2.08. The molecule has 0 bridgehead atoms. The van der Waals surface area contributed by atoms with Crippen molar-refractivity contribution in [3.8, 4) is 10.4 Å². The molecule has 0 saturated carbocycles. The lowest BCUT2D eigenvalue weighted by molar-refractivity contribution is 0.294. The molecule has 2 aromatic carbocycles. The molecule has 0 aliphatic carbocycles. The van der Waals surface area contributed by atoms with Crippen molar-refractivity contribution in [3.05, 3.63) is 64.2 Å². The molecular weight excluding hydrogens is 447 g/mol. The Hall–Kier alpha value is -1.56. The monoisotopic (exact) mass is 474 g/mol. The molecule has 154 valence electrons. The Kier molecular flexibility index (Phi) is 7.99. The fourth-order valence-electron chi connectivity index (χ4n) is 3.46. The average Bonchev–Trinajstić information content (AvgIpc) is 2.72. The maximum absolute atomic E-state index is 13.4. The van der Waals surface area contributed by atoms with Gasteiger partial charge in [-0.15, -0.1) is 11.3 Å². The van der Waals surface area contributed by atoms with Crippen molar-refractivity contribution in [1.29, 1.82) is 0 Å². The standard InChI is InChI=1S/C24H28BrFN2S/c1-4-28(5-2)14-6-7-17(3)27-22-16-24(18-8-11-20(26)12-9-18)29-23-13-10-19(25)15-21(22)23/h8-13,15-17H,4-7,14H2,1-3H3. The summed E-state index contributed by atoms with van der Waals surface area (Å²) in [5.74, 6) is -0.213. The number of benzene rings is 2. The van der Waals surface area contributed by atoms with Gasteiger partial charge in [0.2, 0.25) is 0 Å². The van der Waals surface area contributed by atoms with Crippen LogP contribution in [0.1, 0.15) is 33.6 Å². The summed E-state index contributed by atoms with van der Waals surface area (Å²) in [4.78, 5) is 8.63. The van der Waals surface area contributed by atoms with Gasteiger partial charge in [0.1, 0.15) is 5.82 Å². The van der Waals surface area contributed by atoms with E-state index in [0.717, 1.165) is 58.1 Å². The van der Waals surface area contributed by atoms with Crippen LogP contribution in [-0.2, 0) is 0 Å². The minimum Gasteiger partial charge on any atom is -0.304 e. The van der Waals surface area contributed by atoms with Gasteiger partial charge < -0.3 is 4.90 Å². The number of fused-ring (bicyclic) bond motifs is 1. The van der Waals surface area contributed by atoms with Crippen molar-refractivity contribution in [1.82, 2.24) is 4.90 Å². The van der Waals surface area contributed by atoms with Crippen LogP contribution in [0.25, 0.3) is 20.5 Å². The topological polar surface area (TPSA) is 15.6 Å². The molecule has 0 radical (unpaired) electrons. The molecule has 2 nitrogen and oxygen atoms in total. The summed E-state index contributed by atoms with van der Waals surface area (Å²) in [6, 6.07) is 15.4. The molecule has 1 heterocycles. The Morgan fingerprint density at radius 3 is 2.48 bits per heavy atom. The van der Waals surface area contributed by atoms with Gasteiger partial charge in [0.25, 0.3) is 0 Å². The summed E-state index contributed by atoms with van der Waals surface area (Å²) < 4.78 is 15.6. The molecule has 3 aromatic rings. The molecular formula is C24H28BrFN2S. The minimum atomic E-state index is -0.213. The zero-order chi connectivity index (χ0) is 20.8. The Morgan fingerprint density at radius 2 is 1.79 bits per heavy atom. The van der Waals surface area contributed by atoms with Crippen molar-refractivity contribution >= 4 is 37.4 Å². The molecule has 1 atom stereocenters. The maximum Gasteiger partial charge on any atom is 0.123 e. The third-order valence-corrected chi connectivity index (χ3v) is 6.83. The van der Waals surface area contributed by atoms with Gasteiger partial charge in [-0.2, -0.15) is 0 Å². The van der Waals surface area contributed by atoms with Gasteiger partial charge in [0.15, 0.2) is 0 Å². The molecule has 0 aliphatic heterocycles. The summed E-state index contributed by atoms with van der Waals surface area (Å²) in [6.45, 7) is 9.94. The molecule has 0 saturated heterocycles. The highest BCUT2D eigenvalue weighted by atomic mass is 79.9. The largest absolute Gasteiger partial charge is 0.304 e. The van der Waals surface area contributed by atoms with E-state index in [1.54, 1.807) is 11.3 Å². The molecule has 0 amide bonds. The molecule has 5 heteroatoms. The second-order valence-electron chi connectivity index (χ2n) is 7.29. The Bertz CT molecular complexity index is 1010. The zero-order valence-corrected chi connectivity index (χ0v) is 19.7. The summed E-state index contributed by atoms with van der Waals surface area (Å²) in [7, 11) is 0. The van der Waals surface area contributed by atoms with E-state index in [0.29, 0.717) is 0 Å². The molecule has 1 unspecified atom stereocenters. The molecule has 0 N–H and O–H groups in total. The van der Waals surface area contributed by atoms with Crippen molar-refractivity contribution in [3.63, 3.8) is 0 Å². The first-order valence-corrected chi connectivity index (χ1v) is 11.9. The fraction of sp³-hybridized carbons (Fsp3) is 0.375. The van der Waals surface area contributed by atoms with Gasteiger partial charge in [0, 0.05) is 25.5 Å². The highest BCUT2D eigenvalue weighted by molar-refractivity contribution is 9.10. The second kappa shape index (κ2) is 10.5. The van der Waals surface area contributed by atoms with Gasteiger partial charge in [-0.1, -0.05) is 41.9 Å². The first-order valence-electron chi connectivity index (χ1n) is 10.3. The molecule has 3 rings (SSSR count). The Labute approximate surface area is 185 Å². The van der Waals surface area contributed by atoms with Gasteiger partial charge >= 0.3 is 0 Å². The van der Waals surface area contributed by atoms with Crippen LogP contribution in [-0.4, -0.2) is 30.6 Å². The van der Waals surface area contributed by atoms with E-state index in [1.807, 2.05) is 12.1 Å². The molecule has 0 aliphatic rings. The van der Waals surface area contributed by atoms with Crippen LogP contribution in [0.5, 0.6) is 0 Å². The van der Waals surface area contributed by atoms with Crippen LogP contribution >= 0.6 is 27.3 Å². The van der Waals surface area contributed by atoms with E-state index in [1.165, 1.54) is 16.8 Å². The molecule has 0 fully saturated rings. The van der Waals surface area contributed by atoms with E-state index in [9.17, 15) is 4.39 Å². The van der Waals surface area contributed by atoms with E-state index in [2.05, 4.69) is 65.9 Å². The number of nitrogens with zero attached hydrogens (tertiary/aromatic N) is 2. The van der Waals surface area contributed by atoms with Gasteiger partial charge in [-0.05, 0) is 81.4 Å². The van der Waals surface area contributed by atoms with Gasteiger partial charge in [-0.25, -0.2) is 4.39 Å². The molecule has 0 spiro atoms. The van der Waals surface area contributed by atoms with Crippen LogP contribution < -0.4 is 5.36 Å². The van der Waals surface area contributed by atoms with Crippen molar-refractivity contribution in [2.45, 2.75) is 39.7 Å². The quantitative estimate of drug-likeness (QED) is 0.347. The average molecular weight is 475 g/mol. The van der Waals surface area contributed by atoms with E-state index in [4.69, 9.17) is 4.99 Å². The predicted molar refractivity (Wildman–Crippen MR) is 127 cm³/mol. The predicted octanol–water partition coefficient (Wildman–Crippen LogP) is 6.88.